The molecule has 0 fully saturated rings. The predicted octanol–water partition coefficient (Wildman–Crippen LogP) is 6.19. The van der Waals surface area contributed by atoms with Crippen LogP contribution in [0.4, 0.5) is 4.39 Å². The van der Waals surface area contributed by atoms with Gasteiger partial charge in [-0.25, -0.2) is 12.8 Å². The van der Waals surface area contributed by atoms with Crippen molar-refractivity contribution in [2.45, 2.75) is 9.79 Å². The zero-order valence-corrected chi connectivity index (χ0v) is 17.9. The molecule has 0 aliphatic carbocycles. The van der Waals surface area contributed by atoms with E-state index < -0.39 is 15.7 Å². The van der Waals surface area contributed by atoms with Gasteiger partial charge in [0.15, 0.2) is 0 Å². The van der Waals surface area contributed by atoms with Gasteiger partial charge in [-0.15, -0.1) is 0 Å². The largest absolute Gasteiger partial charge is 0.497 e. The third kappa shape index (κ3) is 3.62. The van der Waals surface area contributed by atoms with Crippen LogP contribution in [0.5, 0.6) is 5.75 Å². The summed E-state index contributed by atoms with van der Waals surface area (Å²) in [5, 5.41) is 0.744. The Morgan fingerprint density at radius 1 is 0.967 bits per heavy atom. The molecule has 0 atom stereocenters. The second-order valence-electron chi connectivity index (χ2n) is 6.47. The van der Waals surface area contributed by atoms with Crippen molar-refractivity contribution in [1.82, 2.24) is 4.98 Å². The lowest BCUT2D eigenvalue weighted by atomic mass is 10.0. The zero-order chi connectivity index (χ0) is 21.5. The average molecular weight is 462 g/mol. The number of para-hydroxylation sites is 1. The number of hydrogen-bond acceptors (Lipinski definition) is 4. The second-order valence-corrected chi connectivity index (χ2v) is 9.26. The smallest absolute Gasteiger partial charge is 0.208 e. The van der Waals surface area contributed by atoms with Gasteiger partial charge in [-0.2, -0.15) is 0 Å². The van der Waals surface area contributed by atoms with Crippen LogP contribution in [0.15, 0.2) is 76.7 Å². The second kappa shape index (κ2) is 7.87. The topological polar surface area (TPSA) is 56.3 Å². The summed E-state index contributed by atoms with van der Waals surface area (Å²) in [5.41, 5.74) is 0.977. The summed E-state index contributed by atoms with van der Waals surface area (Å²) in [6.45, 7) is 0. The average Bonchev–Trinajstić information content (AvgIpc) is 2.72. The molecule has 4 rings (SSSR count). The fourth-order valence-electron chi connectivity index (χ4n) is 3.24. The fourth-order valence-corrected chi connectivity index (χ4v) is 5.40. The lowest BCUT2D eigenvalue weighted by Gasteiger charge is -2.15. The molecule has 1 heterocycles. The fraction of sp³-hybridized carbons (Fsp3) is 0.0455. The van der Waals surface area contributed by atoms with E-state index in [2.05, 4.69) is 4.98 Å². The van der Waals surface area contributed by atoms with Gasteiger partial charge in [0.1, 0.15) is 17.1 Å². The molecule has 4 aromatic rings. The van der Waals surface area contributed by atoms with Gasteiger partial charge < -0.3 is 4.74 Å². The number of methoxy groups -OCH3 is 1. The number of sulfone groups is 1. The summed E-state index contributed by atoms with van der Waals surface area (Å²) in [7, 11) is -2.54. The van der Waals surface area contributed by atoms with Gasteiger partial charge in [0.2, 0.25) is 9.84 Å². The van der Waals surface area contributed by atoms with Crippen LogP contribution in [0.2, 0.25) is 10.0 Å². The van der Waals surface area contributed by atoms with Crippen molar-refractivity contribution in [3.05, 3.63) is 82.7 Å². The normalized spacial score (nSPS) is 11.6. The van der Waals surface area contributed by atoms with Gasteiger partial charge in [-0.3, -0.25) is 4.98 Å². The molecule has 0 radical (unpaired) electrons. The zero-order valence-electron chi connectivity index (χ0n) is 15.6. The molecular formula is C22H14Cl2FNO3S. The van der Waals surface area contributed by atoms with Crippen molar-refractivity contribution in [2.24, 2.45) is 0 Å². The molecule has 30 heavy (non-hydrogen) atoms. The highest BCUT2D eigenvalue weighted by Gasteiger charge is 2.26. The molecule has 8 heteroatoms. The van der Waals surface area contributed by atoms with E-state index in [1.807, 2.05) is 0 Å². The van der Waals surface area contributed by atoms with E-state index in [1.54, 1.807) is 30.3 Å². The summed E-state index contributed by atoms with van der Waals surface area (Å²) in [6.07, 6.45) is 1.16. The molecular weight excluding hydrogens is 448 g/mol. The summed E-state index contributed by atoms with van der Waals surface area (Å²) < 4.78 is 46.6. The number of ether oxygens (including phenoxy) is 1. The van der Waals surface area contributed by atoms with Crippen molar-refractivity contribution < 1.29 is 17.5 Å². The number of benzene rings is 3. The highest BCUT2D eigenvalue weighted by atomic mass is 35.5. The molecule has 0 N–H and O–H groups in total. The maximum Gasteiger partial charge on any atom is 0.208 e. The molecule has 1 aromatic heterocycles. The van der Waals surface area contributed by atoms with Crippen LogP contribution >= 0.6 is 23.2 Å². The predicted molar refractivity (Wildman–Crippen MR) is 116 cm³/mol. The van der Waals surface area contributed by atoms with E-state index in [4.69, 9.17) is 27.9 Å². The van der Waals surface area contributed by atoms with E-state index in [0.29, 0.717) is 22.3 Å². The molecule has 152 valence electrons. The molecule has 4 nitrogen and oxygen atoms in total. The van der Waals surface area contributed by atoms with Crippen molar-refractivity contribution in [2.75, 3.05) is 7.11 Å². The maximum absolute atomic E-state index is 14.4. The van der Waals surface area contributed by atoms with Gasteiger partial charge in [0.05, 0.1) is 16.9 Å². The highest BCUT2D eigenvalue weighted by Crippen LogP contribution is 2.38. The van der Waals surface area contributed by atoms with Crippen LogP contribution in [0.1, 0.15) is 0 Å². The quantitative estimate of drug-likeness (QED) is 0.363. The Morgan fingerprint density at radius 2 is 1.63 bits per heavy atom. The van der Waals surface area contributed by atoms with E-state index in [0.717, 1.165) is 6.20 Å². The van der Waals surface area contributed by atoms with Crippen LogP contribution in [0.25, 0.3) is 22.0 Å². The molecule has 0 saturated carbocycles. The molecule has 3 aromatic carbocycles. The minimum absolute atomic E-state index is 0.0754. The molecule has 0 amide bonds. The van der Waals surface area contributed by atoms with Gasteiger partial charge in [0, 0.05) is 27.2 Å². The number of aromatic nitrogens is 1. The lowest BCUT2D eigenvalue weighted by molar-refractivity contribution is 0.415. The van der Waals surface area contributed by atoms with Gasteiger partial charge in [-0.1, -0.05) is 47.5 Å². The Kier molecular flexibility index (Phi) is 5.40. The minimum atomic E-state index is -4.07. The third-order valence-electron chi connectivity index (χ3n) is 4.63. The number of halogens is 3. The van der Waals surface area contributed by atoms with Crippen LogP contribution in [0, 0.1) is 5.82 Å². The van der Waals surface area contributed by atoms with E-state index in [9.17, 15) is 12.8 Å². The van der Waals surface area contributed by atoms with E-state index >= 15 is 0 Å². The Hall–Kier alpha value is -2.67. The Morgan fingerprint density at radius 3 is 2.27 bits per heavy atom. The third-order valence-corrected chi connectivity index (χ3v) is 6.81. The van der Waals surface area contributed by atoms with Gasteiger partial charge in [-0.05, 0) is 42.0 Å². The number of pyridine rings is 1. The standard InChI is InChI=1S/C22H14Cl2FNO3S/c1-29-16-7-5-13(6-8-16)21-18-3-2-4-19(25)22(18)26-12-20(21)30(27,28)17-10-14(23)9-15(24)11-17/h2-12H,1H3. The van der Waals surface area contributed by atoms with Crippen molar-refractivity contribution in [3.8, 4) is 16.9 Å². The van der Waals surface area contributed by atoms with Crippen LogP contribution < -0.4 is 4.74 Å². The molecule has 0 bridgehead atoms. The Bertz CT molecular complexity index is 1350. The Balaban J connectivity index is 2.07. The van der Waals surface area contributed by atoms with Crippen LogP contribution in [-0.4, -0.2) is 20.5 Å². The molecule has 0 spiro atoms. The highest BCUT2D eigenvalue weighted by molar-refractivity contribution is 7.91. The van der Waals surface area contributed by atoms with Gasteiger partial charge >= 0.3 is 0 Å². The van der Waals surface area contributed by atoms with Crippen molar-refractivity contribution in [3.63, 3.8) is 0 Å². The molecule has 0 aliphatic heterocycles. The van der Waals surface area contributed by atoms with E-state index in [1.165, 1.54) is 37.4 Å². The number of nitrogens with zero attached hydrogens (tertiary/aromatic N) is 1. The first-order valence-electron chi connectivity index (χ1n) is 8.74. The van der Waals surface area contributed by atoms with E-state index in [-0.39, 0.29) is 25.4 Å². The lowest BCUT2D eigenvalue weighted by Crippen LogP contribution is -2.06. The van der Waals surface area contributed by atoms with Crippen molar-refractivity contribution >= 4 is 43.9 Å². The Labute approximate surface area is 182 Å². The van der Waals surface area contributed by atoms with Crippen molar-refractivity contribution in [1.29, 1.82) is 0 Å². The number of rotatable bonds is 4. The number of fused-ring (bicyclic) bond motifs is 1. The SMILES string of the molecule is COc1ccc(-c2c(S(=O)(=O)c3cc(Cl)cc(Cl)c3)cnc3c(F)cccc23)cc1. The first-order chi connectivity index (χ1) is 14.3. The first-order valence-corrected chi connectivity index (χ1v) is 11.0. The summed E-state index contributed by atoms with van der Waals surface area (Å²) in [5.74, 6) is 0.0614. The molecule has 0 unspecified atom stereocenters. The van der Waals surface area contributed by atoms with Gasteiger partial charge in [0.25, 0.3) is 0 Å². The van der Waals surface area contributed by atoms with Crippen LogP contribution in [0.3, 0.4) is 0 Å². The monoisotopic (exact) mass is 461 g/mol. The molecule has 0 aliphatic rings. The number of hydrogen-bond donors (Lipinski definition) is 0. The summed E-state index contributed by atoms with van der Waals surface area (Å²) in [6, 6.07) is 15.3. The first kappa shape index (κ1) is 20.6. The summed E-state index contributed by atoms with van der Waals surface area (Å²) >= 11 is 12.0. The maximum atomic E-state index is 14.4. The van der Waals surface area contributed by atoms with Crippen LogP contribution in [-0.2, 0) is 9.84 Å². The molecule has 0 saturated heterocycles. The minimum Gasteiger partial charge on any atom is -0.497 e. The summed E-state index contributed by atoms with van der Waals surface area (Å²) in [4.78, 5) is 3.94.